The Balaban J connectivity index is 1.85. The molecule has 3 nitrogen and oxygen atoms in total. The molecule has 0 saturated carbocycles. The molecule has 0 spiro atoms. The van der Waals surface area contributed by atoms with Crippen LogP contribution in [0.4, 0.5) is 4.79 Å². The lowest BCUT2D eigenvalue weighted by atomic mass is 10.00. The Morgan fingerprint density at radius 2 is 2.00 bits per heavy atom. The average Bonchev–Trinajstić information content (AvgIpc) is 2.41. The molecule has 1 saturated heterocycles. The second-order valence-corrected chi connectivity index (χ2v) is 5.31. The molecule has 0 radical (unpaired) electrons. The molecule has 0 unspecified atom stereocenters. The van der Waals surface area contributed by atoms with E-state index in [0.717, 1.165) is 37.4 Å². The van der Waals surface area contributed by atoms with Gasteiger partial charge in [-0.15, -0.1) is 0 Å². The summed E-state index contributed by atoms with van der Waals surface area (Å²) < 4.78 is 0. The number of aryl methyl sites for hydroxylation is 1. The number of nitrogens with one attached hydrogen (secondary N) is 1. The molecule has 1 aliphatic heterocycles. The van der Waals surface area contributed by atoms with Gasteiger partial charge in [-0.2, -0.15) is 0 Å². The fourth-order valence-electron chi connectivity index (χ4n) is 2.28. The third-order valence-corrected chi connectivity index (χ3v) is 3.73. The number of carbonyl (C=O) groups excluding carboxylic acids is 1. The maximum absolute atomic E-state index is 11.9. The van der Waals surface area contributed by atoms with Gasteiger partial charge >= 0.3 is 6.03 Å². The van der Waals surface area contributed by atoms with Crippen LogP contribution in [0, 0.1) is 12.8 Å². The van der Waals surface area contributed by atoms with E-state index in [9.17, 15) is 4.79 Å². The largest absolute Gasteiger partial charge is 0.325 e. The van der Waals surface area contributed by atoms with Crippen molar-refractivity contribution in [2.45, 2.75) is 26.7 Å². The standard InChI is InChI=1S/C16H22N2O/c1-13-8-11-18(12-9-13)16(19)17-10-7-15-6-4-3-5-14(15)2/h3-7,10,13H,8-9,11-12H2,1-2H3,(H,17,19)/b10-7+. The third kappa shape index (κ3) is 3.85. The van der Waals surface area contributed by atoms with Crippen LogP contribution in [0.2, 0.25) is 0 Å². The highest BCUT2D eigenvalue weighted by atomic mass is 16.2. The van der Waals surface area contributed by atoms with Gasteiger partial charge in [-0.05, 0) is 42.9 Å². The number of hydrogen-bond acceptors (Lipinski definition) is 1. The van der Waals surface area contributed by atoms with Crippen LogP contribution in [0.1, 0.15) is 30.9 Å². The van der Waals surface area contributed by atoms with Gasteiger partial charge in [0.2, 0.25) is 0 Å². The molecule has 1 heterocycles. The number of benzene rings is 1. The van der Waals surface area contributed by atoms with Gasteiger partial charge in [0.05, 0.1) is 0 Å². The molecule has 0 aromatic heterocycles. The molecule has 1 aliphatic rings. The number of carbonyl (C=O) groups is 1. The summed E-state index contributed by atoms with van der Waals surface area (Å²) in [6.45, 7) is 6.04. The van der Waals surface area contributed by atoms with Crippen LogP contribution < -0.4 is 5.32 Å². The van der Waals surface area contributed by atoms with E-state index in [2.05, 4.69) is 25.2 Å². The highest BCUT2D eigenvalue weighted by Gasteiger charge is 2.19. The molecule has 3 heteroatoms. The van der Waals surface area contributed by atoms with Crippen LogP contribution in [0.3, 0.4) is 0 Å². The van der Waals surface area contributed by atoms with Crippen molar-refractivity contribution in [3.05, 3.63) is 41.6 Å². The van der Waals surface area contributed by atoms with Crippen molar-refractivity contribution in [2.24, 2.45) is 5.92 Å². The van der Waals surface area contributed by atoms with Crippen LogP contribution >= 0.6 is 0 Å². The van der Waals surface area contributed by atoms with E-state index >= 15 is 0 Å². The van der Waals surface area contributed by atoms with E-state index in [1.807, 2.05) is 29.2 Å². The zero-order valence-electron chi connectivity index (χ0n) is 11.7. The van der Waals surface area contributed by atoms with Crippen molar-refractivity contribution in [1.82, 2.24) is 10.2 Å². The Morgan fingerprint density at radius 1 is 1.32 bits per heavy atom. The second kappa shape index (κ2) is 6.41. The number of amides is 2. The lowest BCUT2D eigenvalue weighted by Crippen LogP contribution is -2.42. The predicted molar refractivity (Wildman–Crippen MR) is 78.7 cm³/mol. The first-order valence-electron chi connectivity index (χ1n) is 6.94. The Labute approximate surface area is 115 Å². The number of nitrogens with zero attached hydrogens (tertiary/aromatic N) is 1. The van der Waals surface area contributed by atoms with Gasteiger partial charge in [-0.1, -0.05) is 31.2 Å². The summed E-state index contributed by atoms with van der Waals surface area (Å²) >= 11 is 0. The SMILES string of the molecule is Cc1ccccc1/C=C/NC(=O)N1CCC(C)CC1. The van der Waals surface area contributed by atoms with Crippen molar-refractivity contribution < 1.29 is 4.79 Å². The Hall–Kier alpha value is -1.77. The van der Waals surface area contributed by atoms with Gasteiger partial charge in [0, 0.05) is 19.3 Å². The molecule has 2 amide bonds. The minimum atomic E-state index is 0.0109. The van der Waals surface area contributed by atoms with E-state index < -0.39 is 0 Å². The molecule has 102 valence electrons. The highest BCUT2D eigenvalue weighted by molar-refractivity contribution is 5.76. The van der Waals surface area contributed by atoms with Crippen molar-refractivity contribution in [3.63, 3.8) is 0 Å². The summed E-state index contributed by atoms with van der Waals surface area (Å²) in [6.07, 6.45) is 5.90. The minimum absolute atomic E-state index is 0.0109. The number of hydrogen-bond donors (Lipinski definition) is 1. The van der Waals surface area contributed by atoms with Crippen molar-refractivity contribution >= 4 is 12.1 Å². The van der Waals surface area contributed by atoms with E-state index in [1.54, 1.807) is 6.20 Å². The molecule has 1 N–H and O–H groups in total. The van der Waals surface area contributed by atoms with Crippen LogP contribution in [-0.4, -0.2) is 24.0 Å². The zero-order valence-corrected chi connectivity index (χ0v) is 11.7. The first-order chi connectivity index (χ1) is 9.16. The van der Waals surface area contributed by atoms with E-state index in [4.69, 9.17) is 0 Å². The molecule has 2 rings (SSSR count). The maximum Gasteiger partial charge on any atom is 0.321 e. The van der Waals surface area contributed by atoms with E-state index in [0.29, 0.717) is 0 Å². The average molecular weight is 258 g/mol. The van der Waals surface area contributed by atoms with Crippen molar-refractivity contribution in [1.29, 1.82) is 0 Å². The monoisotopic (exact) mass is 258 g/mol. The zero-order chi connectivity index (χ0) is 13.7. The van der Waals surface area contributed by atoms with E-state index in [1.165, 1.54) is 5.56 Å². The molecule has 1 aromatic carbocycles. The second-order valence-electron chi connectivity index (χ2n) is 5.31. The Morgan fingerprint density at radius 3 is 2.68 bits per heavy atom. The molecule has 0 aliphatic carbocycles. The predicted octanol–water partition coefficient (Wildman–Crippen LogP) is 3.41. The molecule has 1 aromatic rings. The summed E-state index contributed by atoms with van der Waals surface area (Å²) in [5.41, 5.74) is 2.34. The van der Waals surface area contributed by atoms with Crippen LogP contribution in [0.5, 0.6) is 0 Å². The summed E-state index contributed by atoms with van der Waals surface area (Å²) in [7, 11) is 0. The fourth-order valence-corrected chi connectivity index (χ4v) is 2.28. The third-order valence-electron chi connectivity index (χ3n) is 3.73. The Bertz CT molecular complexity index is 460. The van der Waals surface area contributed by atoms with Gasteiger partial charge in [-0.25, -0.2) is 4.79 Å². The Kier molecular flexibility index (Phi) is 4.61. The normalized spacial score (nSPS) is 16.8. The molecule has 0 atom stereocenters. The lowest BCUT2D eigenvalue weighted by Gasteiger charge is -2.29. The number of likely N-dealkylation sites (tertiary alicyclic amines) is 1. The van der Waals surface area contributed by atoms with E-state index in [-0.39, 0.29) is 6.03 Å². The van der Waals surface area contributed by atoms with Gasteiger partial charge in [0.1, 0.15) is 0 Å². The number of urea groups is 1. The van der Waals surface area contributed by atoms with Crippen molar-refractivity contribution in [2.75, 3.05) is 13.1 Å². The topological polar surface area (TPSA) is 32.3 Å². The molecular weight excluding hydrogens is 236 g/mol. The summed E-state index contributed by atoms with van der Waals surface area (Å²) in [5.74, 6) is 0.742. The summed E-state index contributed by atoms with van der Waals surface area (Å²) in [5, 5.41) is 2.85. The molecule has 0 bridgehead atoms. The van der Waals surface area contributed by atoms with Crippen LogP contribution in [0.15, 0.2) is 30.5 Å². The van der Waals surface area contributed by atoms with Crippen molar-refractivity contribution in [3.8, 4) is 0 Å². The molecule has 19 heavy (non-hydrogen) atoms. The van der Waals surface area contributed by atoms with Crippen LogP contribution in [0.25, 0.3) is 6.08 Å². The minimum Gasteiger partial charge on any atom is -0.325 e. The fraction of sp³-hybridized carbons (Fsp3) is 0.438. The van der Waals surface area contributed by atoms with Gasteiger partial charge in [0.15, 0.2) is 0 Å². The first kappa shape index (κ1) is 13.7. The summed E-state index contributed by atoms with van der Waals surface area (Å²) in [6, 6.07) is 8.13. The number of piperidine rings is 1. The molecule has 1 fully saturated rings. The highest BCUT2D eigenvalue weighted by Crippen LogP contribution is 2.15. The first-order valence-corrected chi connectivity index (χ1v) is 6.94. The van der Waals surface area contributed by atoms with Gasteiger partial charge in [-0.3, -0.25) is 0 Å². The quantitative estimate of drug-likeness (QED) is 0.866. The molecular formula is C16H22N2O. The van der Waals surface area contributed by atoms with Crippen LogP contribution in [-0.2, 0) is 0 Å². The smallest absolute Gasteiger partial charge is 0.321 e. The maximum atomic E-state index is 11.9. The van der Waals surface area contributed by atoms with Gasteiger partial charge in [0.25, 0.3) is 0 Å². The summed E-state index contributed by atoms with van der Waals surface area (Å²) in [4.78, 5) is 13.8. The number of rotatable bonds is 2. The van der Waals surface area contributed by atoms with Gasteiger partial charge < -0.3 is 10.2 Å². The lowest BCUT2D eigenvalue weighted by molar-refractivity contribution is 0.177.